The highest BCUT2D eigenvalue weighted by molar-refractivity contribution is 5.66. The standard InChI is InChI=1S/C20H31NO7/c1-4-6-8-10-12-25-19(22)27-16-14-17(24-3)18(21-15-16)28-20(23)26-13-11-9-7-5-2/h14-15H,4-13H2,1-3H3. The zero-order valence-corrected chi connectivity index (χ0v) is 17.0. The van der Waals surface area contributed by atoms with Crippen LogP contribution in [0.15, 0.2) is 12.3 Å². The van der Waals surface area contributed by atoms with Crippen molar-refractivity contribution in [2.24, 2.45) is 0 Å². The summed E-state index contributed by atoms with van der Waals surface area (Å²) in [6, 6.07) is 1.38. The van der Waals surface area contributed by atoms with Crippen molar-refractivity contribution >= 4 is 12.3 Å². The number of unbranched alkanes of at least 4 members (excludes halogenated alkanes) is 6. The summed E-state index contributed by atoms with van der Waals surface area (Å²) in [5.74, 6) is 0.188. The summed E-state index contributed by atoms with van der Waals surface area (Å²) in [6.45, 7) is 4.80. The van der Waals surface area contributed by atoms with Crippen LogP contribution >= 0.6 is 0 Å². The average Bonchev–Trinajstić information content (AvgIpc) is 2.68. The maximum Gasteiger partial charge on any atom is 0.515 e. The van der Waals surface area contributed by atoms with Crippen molar-refractivity contribution in [3.8, 4) is 17.4 Å². The molecule has 0 saturated carbocycles. The molecule has 0 saturated heterocycles. The Labute approximate surface area is 166 Å². The Morgan fingerprint density at radius 1 is 0.857 bits per heavy atom. The van der Waals surface area contributed by atoms with E-state index in [0.29, 0.717) is 6.61 Å². The molecule has 0 atom stereocenters. The largest absolute Gasteiger partial charge is 0.515 e. The number of carbonyl (C=O) groups is 2. The molecule has 158 valence electrons. The fourth-order valence-corrected chi connectivity index (χ4v) is 2.30. The second kappa shape index (κ2) is 14.5. The van der Waals surface area contributed by atoms with Crippen molar-refractivity contribution in [2.75, 3.05) is 20.3 Å². The number of rotatable bonds is 13. The Bertz CT molecular complexity index is 592. The number of methoxy groups -OCH3 is 1. The first-order chi connectivity index (χ1) is 13.6. The predicted molar refractivity (Wildman–Crippen MR) is 103 cm³/mol. The van der Waals surface area contributed by atoms with Gasteiger partial charge in [0.2, 0.25) is 0 Å². The highest BCUT2D eigenvalue weighted by Gasteiger charge is 2.16. The summed E-state index contributed by atoms with van der Waals surface area (Å²) in [7, 11) is 1.38. The van der Waals surface area contributed by atoms with Gasteiger partial charge in [0.05, 0.1) is 26.5 Å². The summed E-state index contributed by atoms with van der Waals surface area (Å²) >= 11 is 0. The summed E-state index contributed by atoms with van der Waals surface area (Å²) in [5, 5.41) is 0. The van der Waals surface area contributed by atoms with Gasteiger partial charge < -0.3 is 23.7 Å². The first-order valence-electron chi connectivity index (χ1n) is 9.83. The molecule has 0 spiro atoms. The predicted octanol–water partition coefficient (Wildman–Crippen LogP) is 5.28. The van der Waals surface area contributed by atoms with Gasteiger partial charge in [-0.1, -0.05) is 52.4 Å². The molecule has 0 amide bonds. The average molecular weight is 397 g/mol. The van der Waals surface area contributed by atoms with Crippen LogP contribution in [0.2, 0.25) is 0 Å². The summed E-state index contributed by atoms with van der Waals surface area (Å²) in [4.78, 5) is 27.3. The molecule has 0 aliphatic heterocycles. The van der Waals surface area contributed by atoms with E-state index in [4.69, 9.17) is 23.7 Å². The number of pyridine rings is 1. The van der Waals surface area contributed by atoms with E-state index in [2.05, 4.69) is 18.8 Å². The third-order valence-electron chi connectivity index (χ3n) is 3.83. The molecule has 0 aromatic carbocycles. The molecule has 0 aliphatic rings. The van der Waals surface area contributed by atoms with Gasteiger partial charge in [-0.3, -0.25) is 0 Å². The van der Waals surface area contributed by atoms with Crippen LogP contribution in [0.5, 0.6) is 17.4 Å². The van der Waals surface area contributed by atoms with Gasteiger partial charge in [-0.25, -0.2) is 14.6 Å². The van der Waals surface area contributed by atoms with Crippen LogP contribution in [-0.4, -0.2) is 37.6 Å². The molecule has 0 aliphatic carbocycles. The molecule has 0 fully saturated rings. The van der Waals surface area contributed by atoms with E-state index in [9.17, 15) is 9.59 Å². The minimum absolute atomic E-state index is 0.0682. The lowest BCUT2D eigenvalue weighted by Gasteiger charge is -2.10. The zero-order chi connectivity index (χ0) is 20.6. The summed E-state index contributed by atoms with van der Waals surface area (Å²) in [5.41, 5.74) is 0. The van der Waals surface area contributed by atoms with Gasteiger partial charge >= 0.3 is 12.3 Å². The van der Waals surface area contributed by atoms with E-state index in [1.807, 2.05) is 0 Å². The van der Waals surface area contributed by atoms with Crippen LogP contribution in [0.1, 0.15) is 65.2 Å². The first-order valence-corrected chi connectivity index (χ1v) is 9.83. The van der Waals surface area contributed by atoms with Crippen molar-refractivity contribution in [2.45, 2.75) is 65.2 Å². The molecule has 1 aromatic heterocycles. The number of aromatic nitrogens is 1. The molecule has 1 heterocycles. The molecule has 8 nitrogen and oxygen atoms in total. The highest BCUT2D eigenvalue weighted by Crippen LogP contribution is 2.29. The maximum absolute atomic E-state index is 11.7. The van der Waals surface area contributed by atoms with Crippen molar-refractivity contribution < 1.29 is 33.3 Å². The summed E-state index contributed by atoms with van der Waals surface area (Å²) in [6.07, 6.45) is 7.53. The SMILES string of the molecule is CCCCCCOC(=O)Oc1cnc(OC(=O)OCCCCCC)c(OC)c1. The van der Waals surface area contributed by atoms with Crippen LogP contribution in [0.3, 0.4) is 0 Å². The maximum atomic E-state index is 11.7. The number of hydrogen-bond donors (Lipinski definition) is 0. The molecule has 28 heavy (non-hydrogen) atoms. The van der Waals surface area contributed by atoms with Gasteiger partial charge in [0.1, 0.15) is 0 Å². The fourth-order valence-electron chi connectivity index (χ4n) is 2.30. The second-order valence-electron chi connectivity index (χ2n) is 6.20. The van der Waals surface area contributed by atoms with Gasteiger partial charge in [-0.2, -0.15) is 0 Å². The van der Waals surface area contributed by atoms with Gasteiger partial charge in [-0.15, -0.1) is 0 Å². The zero-order valence-electron chi connectivity index (χ0n) is 17.0. The van der Waals surface area contributed by atoms with Crippen LogP contribution in [-0.2, 0) is 9.47 Å². The Morgan fingerprint density at radius 2 is 1.43 bits per heavy atom. The van der Waals surface area contributed by atoms with Gasteiger partial charge in [0.25, 0.3) is 5.88 Å². The molecule has 8 heteroatoms. The molecule has 1 rings (SSSR count). The van der Waals surface area contributed by atoms with Crippen molar-refractivity contribution in [1.29, 1.82) is 0 Å². The Hall–Kier alpha value is -2.51. The van der Waals surface area contributed by atoms with E-state index >= 15 is 0 Å². The molecule has 0 N–H and O–H groups in total. The van der Waals surface area contributed by atoms with Crippen LogP contribution in [0.25, 0.3) is 0 Å². The molecule has 0 bridgehead atoms. The second-order valence-corrected chi connectivity index (χ2v) is 6.20. The van der Waals surface area contributed by atoms with Gasteiger partial charge in [-0.05, 0) is 12.8 Å². The topological polar surface area (TPSA) is 93.2 Å². The highest BCUT2D eigenvalue weighted by atomic mass is 16.7. The fraction of sp³-hybridized carbons (Fsp3) is 0.650. The Kier molecular flexibility index (Phi) is 12.2. The van der Waals surface area contributed by atoms with E-state index in [0.717, 1.165) is 51.4 Å². The third kappa shape index (κ3) is 9.99. The van der Waals surface area contributed by atoms with Crippen molar-refractivity contribution in [3.63, 3.8) is 0 Å². The monoisotopic (exact) mass is 397 g/mol. The Balaban J connectivity index is 2.45. The van der Waals surface area contributed by atoms with Crippen LogP contribution in [0, 0.1) is 0 Å². The normalized spacial score (nSPS) is 10.2. The lowest BCUT2D eigenvalue weighted by atomic mass is 10.2. The molecule has 0 unspecified atom stereocenters. The number of ether oxygens (including phenoxy) is 5. The van der Waals surface area contributed by atoms with Gasteiger partial charge in [0, 0.05) is 6.07 Å². The van der Waals surface area contributed by atoms with Crippen molar-refractivity contribution in [1.82, 2.24) is 4.98 Å². The molecular formula is C20H31NO7. The van der Waals surface area contributed by atoms with E-state index in [1.54, 1.807) is 0 Å². The smallest absolute Gasteiger partial charge is 0.491 e. The van der Waals surface area contributed by atoms with Crippen LogP contribution < -0.4 is 14.2 Å². The van der Waals surface area contributed by atoms with Crippen LogP contribution in [0.4, 0.5) is 9.59 Å². The Morgan fingerprint density at radius 3 is 1.96 bits per heavy atom. The first kappa shape index (κ1) is 23.5. The molecule has 1 aromatic rings. The number of hydrogen-bond acceptors (Lipinski definition) is 8. The van der Waals surface area contributed by atoms with Crippen molar-refractivity contribution in [3.05, 3.63) is 12.3 Å². The van der Waals surface area contributed by atoms with Gasteiger partial charge in [0.15, 0.2) is 11.5 Å². The number of carbonyl (C=O) groups excluding carboxylic acids is 2. The van der Waals surface area contributed by atoms with E-state index < -0.39 is 12.3 Å². The minimum atomic E-state index is -0.859. The number of nitrogens with zero attached hydrogens (tertiary/aromatic N) is 1. The molecular weight excluding hydrogens is 366 g/mol. The summed E-state index contributed by atoms with van der Waals surface area (Å²) < 4.78 is 25.2. The van der Waals surface area contributed by atoms with E-state index in [1.165, 1.54) is 19.4 Å². The molecule has 0 radical (unpaired) electrons. The third-order valence-corrected chi connectivity index (χ3v) is 3.83. The lowest BCUT2D eigenvalue weighted by Crippen LogP contribution is -2.14. The quantitative estimate of drug-likeness (QED) is 0.328. The van der Waals surface area contributed by atoms with E-state index in [-0.39, 0.29) is 24.0 Å². The minimum Gasteiger partial charge on any atom is -0.491 e. The lowest BCUT2D eigenvalue weighted by molar-refractivity contribution is 0.0925.